The van der Waals surface area contributed by atoms with E-state index in [1.807, 2.05) is 14.1 Å². The average molecular weight is 182 g/mol. The molecule has 72 valence electrons. The van der Waals surface area contributed by atoms with E-state index in [0.29, 0.717) is 5.69 Å². The molecule has 0 aliphatic heterocycles. The molecule has 0 saturated heterocycles. The zero-order chi connectivity index (χ0) is 10.1. The molecule has 1 aromatic rings. The van der Waals surface area contributed by atoms with Gasteiger partial charge in [-0.1, -0.05) is 6.07 Å². The maximum absolute atomic E-state index is 10.1. The number of aliphatic carboxylic acids is 1. The van der Waals surface area contributed by atoms with Crippen LogP contribution in [-0.2, 0) is 11.2 Å². The molecule has 4 nitrogen and oxygen atoms in total. The second kappa shape index (κ2) is 7.24. The van der Waals surface area contributed by atoms with E-state index in [1.165, 1.54) is 0 Å². The van der Waals surface area contributed by atoms with Crippen LogP contribution in [0.25, 0.3) is 0 Å². The van der Waals surface area contributed by atoms with Crippen LogP contribution in [0.4, 0.5) is 0 Å². The molecule has 0 spiro atoms. The largest absolute Gasteiger partial charge is 0.481 e. The van der Waals surface area contributed by atoms with Crippen molar-refractivity contribution >= 4 is 5.97 Å². The average Bonchev–Trinajstić information content (AvgIpc) is 2.06. The number of nitrogens with one attached hydrogen (secondary N) is 1. The molecule has 1 heterocycles. The van der Waals surface area contributed by atoms with Crippen molar-refractivity contribution in [3.05, 3.63) is 30.1 Å². The number of aromatic nitrogens is 1. The molecule has 0 atom stereocenters. The van der Waals surface area contributed by atoms with Crippen LogP contribution in [0.15, 0.2) is 24.4 Å². The van der Waals surface area contributed by atoms with Gasteiger partial charge in [0.1, 0.15) is 0 Å². The van der Waals surface area contributed by atoms with Crippen LogP contribution in [0.1, 0.15) is 5.69 Å². The highest BCUT2D eigenvalue weighted by Gasteiger charge is 1.98. The normalized spacial score (nSPS) is 8.46. The predicted molar refractivity (Wildman–Crippen MR) is 50.6 cm³/mol. The Kier molecular flexibility index (Phi) is 6.45. The zero-order valence-electron chi connectivity index (χ0n) is 7.82. The first-order valence-corrected chi connectivity index (χ1v) is 3.91. The molecule has 0 amide bonds. The van der Waals surface area contributed by atoms with Crippen LogP contribution in [0.5, 0.6) is 0 Å². The quantitative estimate of drug-likeness (QED) is 0.701. The SMILES string of the molecule is CNC.O=C(O)Cc1ccccn1. The van der Waals surface area contributed by atoms with E-state index in [4.69, 9.17) is 5.11 Å². The van der Waals surface area contributed by atoms with Crippen LogP contribution in [0, 0.1) is 0 Å². The van der Waals surface area contributed by atoms with E-state index in [-0.39, 0.29) is 6.42 Å². The van der Waals surface area contributed by atoms with E-state index >= 15 is 0 Å². The summed E-state index contributed by atoms with van der Waals surface area (Å²) in [5.41, 5.74) is 0.593. The van der Waals surface area contributed by atoms with Crippen molar-refractivity contribution in [2.24, 2.45) is 0 Å². The van der Waals surface area contributed by atoms with Crippen molar-refractivity contribution in [2.75, 3.05) is 14.1 Å². The lowest BCUT2D eigenvalue weighted by molar-refractivity contribution is -0.136. The van der Waals surface area contributed by atoms with Gasteiger partial charge < -0.3 is 10.4 Å². The smallest absolute Gasteiger partial charge is 0.309 e. The van der Waals surface area contributed by atoms with E-state index in [0.717, 1.165) is 0 Å². The Labute approximate surface area is 77.6 Å². The topological polar surface area (TPSA) is 62.2 Å². The van der Waals surface area contributed by atoms with Crippen molar-refractivity contribution in [3.63, 3.8) is 0 Å². The number of pyridine rings is 1. The number of rotatable bonds is 2. The van der Waals surface area contributed by atoms with E-state index in [1.54, 1.807) is 24.4 Å². The summed E-state index contributed by atoms with van der Waals surface area (Å²) in [6.07, 6.45) is 1.58. The summed E-state index contributed by atoms with van der Waals surface area (Å²) in [6.45, 7) is 0. The fourth-order valence-corrected chi connectivity index (χ4v) is 0.658. The van der Waals surface area contributed by atoms with Gasteiger partial charge >= 0.3 is 5.97 Å². The summed E-state index contributed by atoms with van der Waals surface area (Å²) < 4.78 is 0. The number of hydrogen-bond acceptors (Lipinski definition) is 3. The van der Waals surface area contributed by atoms with E-state index < -0.39 is 5.97 Å². The summed E-state index contributed by atoms with van der Waals surface area (Å²) in [4.78, 5) is 14.0. The van der Waals surface area contributed by atoms with Crippen molar-refractivity contribution < 1.29 is 9.90 Å². The first kappa shape index (κ1) is 11.6. The van der Waals surface area contributed by atoms with Crippen molar-refractivity contribution in [1.82, 2.24) is 10.3 Å². The Hall–Kier alpha value is -1.42. The van der Waals surface area contributed by atoms with Gasteiger partial charge in [0, 0.05) is 6.20 Å². The third-order valence-corrected chi connectivity index (χ3v) is 1.06. The molecule has 0 fully saturated rings. The third kappa shape index (κ3) is 6.96. The molecule has 1 aromatic heterocycles. The summed E-state index contributed by atoms with van der Waals surface area (Å²) in [5.74, 6) is -0.848. The van der Waals surface area contributed by atoms with Gasteiger partial charge in [-0.25, -0.2) is 0 Å². The monoisotopic (exact) mass is 182 g/mol. The standard InChI is InChI=1S/C7H7NO2.C2H7N/c9-7(10)5-6-3-1-2-4-8-6;1-3-2/h1-4H,5H2,(H,9,10);3H,1-2H3. The lowest BCUT2D eigenvalue weighted by atomic mass is 10.3. The summed E-state index contributed by atoms with van der Waals surface area (Å²) in [5, 5.41) is 11.1. The minimum absolute atomic E-state index is 0.000833. The second-order valence-corrected chi connectivity index (χ2v) is 2.39. The molecule has 0 aromatic carbocycles. The van der Waals surface area contributed by atoms with Crippen LogP contribution < -0.4 is 5.32 Å². The number of carboxylic acid groups (broad SMARTS) is 1. The predicted octanol–water partition coefficient (Wildman–Crippen LogP) is 0.544. The van der Waals surface area contributed by atoms with Gasteiger partial charge in [0.05, 0.1) is 12.1 Å². The Morgan fingerprint density at radius 2 is 2.15 bits per heavy atom. The maximum atomic E-state index is 10.1. The highest BCUT2D eigenvalue weighted by atomic mass is 16.4. The highest BCUT2D eigenvalue weighted by Crippen LogP contribution is 1.93. The lowest BCUT2D eigenvalue weighted by Gasteiger charge is -1.91. The first-order chi connectivity index (χ1) is 6.20. The summed E-state index contributed by atoms with van der Waals surface area (Å²) in [7, 11) is 3.75. The number of carbonyl (C=O) groups is 1. The minimum atomic E-state index is -0.848. The third-order valence-electron chi connectivity index (χ3n) is 1.06. The molecular weight excluding hydrogens is 168 g/mol. The molecule has 0 aliphatic carbocycles. The Balaban J connectivity index is 0.000000424. The van der Waals surface area contributed by atoms with Gasteiger partial charge in [0.15, 0.2) is 0 Å². The summed E-state index contributed by atoms with van der Waals surface area (Å²) in [6, 6.07) is 5.21. The fraction of sp³-hybridized carbons (Fsp3) is 0.333. The molecule has 0 unspecified atom stereocenters. The number of hydrogen-bond donors (Lipinski definition) is 2. The van der Waals surface area contributed by atoms with Crippen LogP contribution in [-0.4, -0.2) is 30.2 Å². The van der Waals surface area contributed by atoms with E-state index in [9.17, 15) is 4.79 Å². The molecule has 0 bridgehead atoms. The maximum Gasteiger partial charge on any atom is 0.309 e. The molecule has 0 radical (unpaired) electrons. The van der Waals surface area contributed by atoms with Gasteiger partial charge in [-0.15, -0.1) is 0 Å². The van der Waals surface area contributed by atoms with Gasteiger partial charge in [0.25, 0.3) is 0 Å². The minimum Gasteiger partial charge on any atom is -0.481 e. The molecule has 4 heteroatoms. The van der Waals surface area contributed by atoms with Gasteiger partial charge in [-0.05, 0) is 26.2 Å². The fourth-order valence-electron chi connectivity index (χ4n) is 0.658. The molecule has 0 aliphatic rings. The second-order valence-electron chi connectivity index (χ2n) is 2.39. The number of carboxylic acids is 1. The molecular formula is C9H14N2O2. The van der Waals surface area contributed by atoms with Crippen LogP contribution >= 0.6 is 0 Å². The zero-order valence-corrected chi connectivity index (χ0v) is 7.82. The highest BCUT2D eigenvalue weighted by molar-refractivity contribution is 5.69. The first-order valence-electron chi connectivity index (χ1n) is 3.91. The lowest BCUT2D eigenvalue weighted by Crippen LogP contribution is -2.01. The van der Waals surface area contributed by atoms with Gasteiger partial charge in [0.2, 0.25) is 0 Å². The van der Waals surface area contributed by atoms with Crippen molar-refractivity contribution in [1.29, 1.82) is 0 Å². The summed E-state index contributed by atoms with van der Waals surface area (Å²) >= 11 is 0. The van der Waals surface area contributed by atoms with Crippen molar-refractivity contribution in [2.45, 2.75) is 6.42 Å². The van der Waals surface area contributed by atoms with E-state index in [2.05, 4.69) is 10.3 Å². The molecule has 13 heavy (non-hydrogen) atoms. The molecule has 0 saturated carbocycles. The number of nitrogens with zero attached hydrogens (tertiary/aromatic N) is 1. The van der Waals surface area contributed by atoms with Gasteiger partial charge in [-0.2, -0.15) is 0 Å². The van der Waals surface area contributed by atoms with Gasteiger partial charge in [-0.3, -0.25) is 9.78 Å². The Morgan fingerprint density at radius 3 is 2.54 bits per heavy atom. The van der Waals surface area contributed by atoms with Crippen LogP contribution in [0.3, 0.4) is 0 Å². The Bertz CT molecular complexity index is 237. The molecule has 2 N–H and O–H groups in total. The molecule has 1 rings (SSSR count). The van der Waals surface area contributed by atoms with Crippen LogP contribution in [0.2, 0.25) is 0 Å². The Morgan fingerprint density at radius 1 is 1.54 bits per heavy atom. The van der Waals surface area contributed by atoms with Crippen molar-refractivity contribution in [3.8, 4) is 0 Å².